The van der Waals surface area contributed by atoms with Crippen molar-refractivity contribution in [2.45, 2.75) is 56.8 Å². The van der Waals surface area contributed by atoms with Crippen molar-refractivity contribution in [2.75, 3.05) is 19.8 Å². The number of pyridine rings is 1. The van der Waals surface area contributed by atoms with E-state index in [1.165, 1.54) is 0 Å². The standard InChI is InChI=1S/C21H27ClFN3O3/c1-20(23)4-6-21(28,7-5-20)13-25-19(27)15-11-26(10-14-3-9-29-12-14)18-17(15)16(22)2-8-24-18/h2,8,11,14,28H,3-7,9-10,12-13H2,1H3,(H,25,27)/t14-,20?,21?/m1/s1. The molecular formula is C21H27ClFN3O3. The van der Waals surface area contributed by atoms with Crippen LogP contribution in [0.2, 0.25) is 5.02 Å². The van der Waals surface area contributed by atoms with E-state index in [1.807, 2.05) is 4.57 Å². The fourth-order valence-electron chi connectivity index (χ4n) is 4.25. The number of halogens is 2. The molecule has 0 unspecified atom stereocenters. The predicted octanol–water partition coefficient (Wildman–Crippen LogP) is 3.49. The van der Waals surface area contributed by atoms with Crippen molar-refractivity contribution < 1.29 is 19.0 Å². The summed E-state index contributed by atoms with van der Waals surface area (Å²) in [5.74, 6) is 0.0635. The number of nitrogens with zero attached hydrogens (tertiary/aromatic N) is 2. The molecule has 3 heterocycles. The van der Waals surface area contributed by atoms with E-state index in [1.54, 1.807) is 25.4 Å². The van der Waals surface area contributed by atoms with Crippen LogP contribution in [0, 0.1) is 5.92 Å². The second-order valence-corrected chi connectivity index (χ2v) is 9.14. The van der Waals surface area contributed by atoms with E-state index in [9.17, 15) is 14.3 Å². The Morgan fingerprint density at radius 2 is 2.21 bits per heavy atom. The summed E-state index contributed by atoms with van der Waals surface area (Å²) in [7, 11) is 0. The van der Waals surface area contributed by atoms with Gasteiger partial charge in [0.15, 0.2) is 0 Å². The van der Waals surface area contributed by atoms with E-state index >= 15 is 0 Å². The molecule has 1 aliphatic heterocycles. The monoisotopic (exact) mass is 423 g/mol. The molecule has 2 aromatic heterocycles. The van der Waals surface area contributed by atoms with Crippen LogP contribution in [0.25, 0.3) is 11.0 Å². The van der Waals surface area contributed by atoms with Crippen LogP contribution < -0.4 is 5.32 Å². The van der Waals surface area contributed by atoms with Gasteiger partial charge in [-0.25, -0.2) is 9.37 Å². The molecule has 0 bridgehead atoms. The predicted molar refractivity (Wildman–Crippen MR) is 109 cm³/mol. The maximum absolute atomic E-state index is 14.0. The minimum Gasteiger partial charge on any atom is -0.388 e. The number of nitrogens with one attached hydrogen (secondary N) is 1. The fraction of sp³-hybridized carbons (Fsp3) is 0.619. The molecule has 0 aromatic carbocycles. The quantitative estimate of drug-likeness (QED) is 0.771. The Balaban J connectivity index is 1.52. The van der Waals surface area contributed by atoms with Crippen LogP contribution in [0.3, 0.4) is 0 Å². The van der Waals surface area contributed by atoms with Crippen LogP contribution in [-0.2, 0) is 11.3 Å². The number of carbonyl (C=O) groups is 1. The second-order valence-electron chi connectivity index (χ2n) is 8.74. The Morgan fingerprint density at radius 1 is 1.45 bits per heavy atom. The van der Waals surface area contributed by atoms with Crippen LogP contribution in [0.5, 0.6) is 0 Å². The lowest BCUT2D eigenvalue weighted by atomic mass is 9.78. The summed E-state index contributed by atoms with van der Waals surface area (Å²) < 4.78 is 21.5. The Labute approximate surface area is 174 Å². The maximum Gasteiger partial charge on any atom is 0.253 e. The van der Waals surface area contributed by atoms with Gasteiger partial charge in [0.05, 0.1) is 28.2 Å². The van der Waals surface area contributed by atoms with Crippen molar-refractivity contribution in [3.63, 3.8) is 0 Å². The Bertz CT molecular complexity index is 898. The van der Waals surface area contributed by atoms with E-state index in [4.69, 9.17) is 16.3 Å². The maximum atomic E-state index is 14.0. The summed E-state index contributed by atoms with van der Waals surface area (Å²) in [6, 6.07) is 1.67. The fourth-order valence-corrected chi connectivity index (χ4v) is 4.49. The second kappa shape index (κ2) is 7.85. The van der Waals surface area contributed by atoms with Crippen molar-refractivity contribution in [3.05, 3.63) is 29.0 Å². The first-order chi connectivity index (χ1) is 13.8. The van der Waals surface area contributed by atoms with Crippen molar-refractivity contribution in [3.8, 4) is 0 Å². The molecular weight excluding hydrogens is 397 g/mol. The van der Waals surface area contributed by atoms with Crippen LogP contribution >= 0.6 is 11.6 Å². The molecule has 4 rings (SSSR count). The molecule has 29 heavy (non-hydrogen) atoms. The van der Waals surface area contributed by atoms with Gasteiger partial charge in [0, 0.05) is 38.0 Å². The van der Waals surface area contributed by atoms with Crippen molar-refractivity contribution >= 4 is 28.5 Å². The molecule has 1 saturated carbocycles. The first-order valence-corrected chi connectivity index (χ1v) is 10.5. The van der Waals surface area contributed by atoms with Gasteiger partial charge in [0.2, 0.25) is 0 Å². The van der Waals surface area contributed by atoms with Gasteiger partial charge < -0.3 is 19.7 Å². The molecule has 2 N–H and O–H groups in total. The van der Waals surface area contributed by atoms with Crippen molar-refractivity contribution in [1.82, 2.24) is 14.9 Å². The van der Waals surface area contributed by atoms with Gasteiger partial charge in [-0.3, -0.25) is 4.79 Å². The number of hydrogen-bond acceptors (Lipinski definition) is 4. The Hall–Kier alpha value is -1.70. The molecule has 1 atom stereocenters. The van der Waals surface area contributed by atoms with Gasteiger partial charge >= 0.3 is 0 Å². The molecule has 2 aromatic rings. The van der Waals surface area contributed by atoms with E-state index < -0.39 is 11.3 Å². The highest BCUT2D eigenvalue weighted by atomic mass is 35.5. The lowest BCUT2D eigenvalue weighted by molar-refractivity contribution is -0.0374. The Morgan fingerprint density at radius 3 is 2.90 bits per heavy atom. The number of hydrogen-bond donors (Lipinski definition) is 2. The first-order valence-electron chi connectivity index (χ1n) is 10.2. The summed E-state index contributed by atoms with van der Waals surface area (Å²) in [5.41, 5.74) is -1.22. The number of alkyl halides is 1. The zero-order valence-electron chi connectivity index (χ0n) is 16.6. The molecule has 2 aliphatic rings. The van der Waals surface area contributed by atoms with Gasteiger partial charge in [0.25, 0.3) is 5.91 Å². The summed E-state index contributed by atoms with van der Waals surface area (Å²) >= 11 is 6.39. The van der Waals surface area contributed by atoms with Crippen molar-refractivity contribution in [2.24, 2.45) is 5.92 Å². The molecule has 2 fully saturated rings. The average molecular weight is 424 g/mol. The molecule has 158 valence electrons. The molecule has 6 nitrogen and oxygen atoms in total. The average Bonchev–Trinajstić information content (AvgIpc) is 3.32. The number of aliphatic hydroxyl groups is 1. The highest BCUT2D eigenvalue weighted by Gasteiger charge is 2.39. The highest BCUT2D eigenvalue weighted by Crippen LogP contribution is 2.37. The van der Waals surface area contributed by atoms with Gasteiger partial charge in [0.1, 0.15) is 11.3 Å². The third-order valence-corrected chi connectivity index (χ3v) is 6.55. The molecule has 1 amide bonds. The molecule has 0 radical (unpaired) electrons. The molecule has 1 aliphatic carbocycles. The summed E-state index contributed by atoms with van der Waals surface area (Å²) in [6.07, 6.45) is 5.61. The van der Waals surface area contributed by atoms with Crippen molar-refractivity contribution in [1.29, 1.82) is 0 Å². The van der Waals surface area contributed by atoms with Gasteiger partial charge in [-0.2, -0.15) is 0 Å². The van der Waals surface area contributed by atoms with Gasteiger partial charge in [-0.1, -0.05) is 11.6 Å². The smallest absolute Gasteiger partial charge is 0.253 e. The summed E-state index contributed by atoms with van der Waals surface area (Å²) in [4.78, 5) is 17.4. The lowest BCUT2D eigenvalue weighted by Gasteiger charge is -2.37. The van der Waals surface area contributed by atoms with Crippen LogP contribution in [-0.4, -0.2) is 51.6 Å². The van der Waals surface area contributed by atoms with E-state index in [0.717, 1.165) is 13.0 Å². The Kier molecular flexibility index (Phi) is 5.57. The number of fused-ring (bicyclic) bond motifs is 1. The molecule has 8 heteroatoms. The van der Waals surface area contributed by atoms with Gasteiger partial charge in [-0.15, -0.1) is 0 Å². The summed E-state index contributed by atoms with van der Waals surface area (Å²) in [5, 5.41) is 14.6. The zero-order chi connectivity index (χ0) is 20.6. The SMILES string of the molecule is CC1(F)CCC(O)(CNC(=O)c2cn(C[C@H]3CCOC3)c3nccc(Cl)c23)CC1. The molecule has 1 saturated heterocycles. The largest absolute Gasteiger partial charge is 0.388 e. The summed E-state index contributed by atoms with van der Waals surface area (Å²) in [6.45, 7) is 3.80. The number of carbonyl (C=O) groups excluding carboxylic acids is 1. The number of amides is 1. The van der Waals surface area contributed by atoms with E-state index in [-0.39, 0.29) is 25.3 Å². The number of ether oxygens (including phenoxy) is 1. The topological polar surface area (TPSA) is 76.4 Å². The van der Waals surface area contributed by atoms with Crippen LogP contribution in [0.15, 0.2) is 18.5 Å². The normalized spacial score (nSPS) is 30.0. The molecule has 0 spiro atoms. The first kappa shape index (κ1) is 20.6. The number of rotatable bonds is 5. The van der Waals surface area contributed by atoms with Gasteiger partial charge in [-0.05, 0) is 45.1 Å². The third-order valence-electron chi connectivity index (χ3n) is 6.23. The highest BCUT2D eigenvalue weighted by molar-refractivity contribution is 6.36. The lowest BCUT2D eigenvalue weighted by Crippen LogP contribution is -2.47. The zero-order valence-corrected chi connectivity index (χ0v) is 17.3. The minimum atomic E-state index is -1.24. The van der Waals surface area contributed by atoms with Crippen LogP contribution in [0.1, 0.15) is 49.4 Å². The van der Waals surface area contributed by atoms with Crippen LogP contribution in [0.4, 0.5) is 4.39 Å². The number of aromatic nitrogens is 2. The third kappa shape index (κ3) is 4.42. The van der Waals surface area contributed by atoms with E-state index in [2.05, 4.69) is 10.3 Å². The minimum absolute atomic E-state index is 0.0862. The van der Waals surface area contributed by atoms with E-state index in [0.29, 0.717) is 53.5 Å².